The first-order valence-corrected chi connectivity index (χ1v) is 7.93. The molecule has 0 radical (unpaired) electrons. The number of rotatable bonds is 6. The van der Waals surface area contributed by atoms with Crippen LogP contribution in [-0.2, 0) is 6.42 Å². The molecule has 2 heterocycles. The number of methoxy groups -OCH3 is 2. The summed E-state index contributed by atoms with van der Waals surface area (Å²) in [7, 11) is 3.20. The molecule has 0 atom stereocenters. The molecule has 3 aromatic rings. The highest BCUT2D eigenvalue weighted by atomic mass is 16.5. The molecule has 1 N–H and O–H groups in total. The summed E-state index contributed by atoms with van der Waals surface area (Å²) in [4.78, 5) is 16.6. The zero-order valence-electron chi connectivity index (χ0n) is 14.4. The molecule has 2 aromatic heterocycles. The molecule has 0 aliphatic heterocycles. The second-order valence-electron chi connectivity index (χ2n) is 5.58. The van der Waals surface area contributed by atoms with Crippen LogP contribution in [0.5, 0.6) is 11.5 Å². The van der Waals surface area contributed by atoms with Gasteiger partial charge in [0.15, 0.2) is 17.1 Å². The number of nitrogens with one attached hydrogen (secondary N) is 1. The monoisotopic (exact) mass is 340 g/mol. The highest BCUT2D eigenvalue weighted by molar-refractivity contribution is 5.92. The number of amides is 1. The molecule has 0 saturated heterocycles. The number of aryl methyl sites for hydroxylation is 1. The van der Waals surface area contributed by atoms with Crippen LogP contribution in [0.3, 0.4) is 0 Å². The summed E-state index contributed by atoms with van der Waals surface area (Å²) in [6.07, 6.45) is 2.29. The van der Waals surface area contributed by atoms with Crippen LogP contribution in [0.2, 0.25) is 0 Å². The van der Waals surface area contributed by atoms with Gasteiger partial charge in [-0.1, -0.05) is 6.07 Å². The minimum atomic E-state index is -0.184. The van der Waals surface area contributed by atoms with Gasteiger partial charge in [-0.25, -0.2) is 9.50 Å². The molecular weight excluding hydrogens is 320 g/mol. The molecule has 0 unspecified atom stereocenters. The Morgan fingerprint density at radius 3 is 2.72 bits per heavy atom. The van der Waals surface area contributed by atoms with Crippen LogP contribution in [0.15, 0.2) is 36.5 Å². The Balaban J connectivity index is 1.66. The van der Waals surface area contributed by atoms with Gasteiger partial charge in [-0.3, -0.25) is 4.79 Å². The fraction of sp³-hybridized carbons (Fsp3) is 0.278. The summed E-state index contributed by atoms with van der Waals surface area (Å²) in [5.74, 6) is 1.17. The van der Waals surface area contributed by atoms with Crippen molar-refractivity contribution in [3.8, 4) is 11.5 Å². The SMILES string of the molecule is COc1ccc(CCNC(=O)c2ccnc3cc(C)nn23)cc1OC. The van der Waals surface area contributed by atoms with Crippen LogP contribution in [0.4, 0.5) is 0 Å². The van der Waals surface area contributed by atoms with E-state index in [1.165, 1.54) is 0 Å². The molecule has 3 rings (SSSR count). The zero-order chi connectivity index (χ0) is 17.8. The fourth-order valence-electron chi connectivity index (χ4n) is 2.63. The average Bonchev–Trinajstić information content (AvgIpc) is 3.01. The Morgan fingerprint density at radius 1 is 1.16 bits per heavy atom. The van der Waals surface area contributed by atoms with E-state index < -0.39 is 0 Å². The van der Waals surface area contributed by atoms with E-state index in [0.29, 0.717) is 35.8 Å². The molecule has 7 nitrogen and oxygen atoms in total. The van der Waals surface area contributed by atoms with Crippen molar-refractivity contribution >= 4 is 11.6 Å². The molecule has 0 fully saturated rings. The van der Waals surface area contributed by atoms with Gasteiger partial charge in [-0.15, -0.1) is 0 Å². The predicted octanol–water partition coefficient (Wildman–Crippen LogP) is 2.03. The number of ether oxygens (including phenoxy) is 2. The predicted molar refractivity (Wildman–Crippen MR) is 93.3 cm³/mol. The number of hydrogen-bond donors (Lipinski definition) is 1. The van der Waals surface area contributed by atoms with Crippen molar-refractivity contribution in [2.24, 2.45) is 0 Å². The summed E-state index contributed by atoms with van der Waals surface area (Å²) in [5, 5.41) is 7.22. The van der Waals surface area contributed by atoms with Crippen LogP contribution >= 0.6 is 0 Å². The first kappa shape index (κ1) is 16.8. The lowest BCUT2D eigenvalue weighted by Gasteiger charge is -2.10. The maximum absolute atomic E-state index is 12.4. The summed E-state index contributed by atoms with van der Waals surface area (Å²) >= 11 is 0. The van der Waals surface area contributed by atoms with Gasteiger partial charge in [0.05, 0.1) is 19.9 Å². The molecule has 0 saturated carbocycles. The normalized spacial score (nSPS) is 10.7. The van der Waals surface area contributed by atoms with Gasteiger partial charge in [0.25, 0.3) is 5.91 Å². The zero-order valence-corrected chi connectivity index (χ0v) is 14.4. The van der Waals surface area contributed by atoms with E-state index in [4.69, 9.17) is 9.47 Å². The first-order chi connectivity index (χ1) is 12.1. The average molecular weight is 340 g/mol. The topological polar surface area (TPSA) is 77.8 Å². The van der Waals surface area contributed by atoms with Crippen LogP contribution in [0, 0.1) is 6.92 Å². The van der Waals surface area contributed by atoms with Gasteiger partial charge < -0.3 is 14.8 Å². The standard InChI is InChI=1S/C18H20N4O3/c1-12-10-17-19-9-7-14(22(17)21-12)18(23)20-8-6-13-4-5-15(24-2)16(11-13)25-3/h4-5,7,9-11H,6,8H2,1-3H3,(H,20,23). The lowest BCUT2D eigenvalue weighted by molar-refractivity contribution is 0.0946. The molecular formula is C18H20N4O3. The number of benzene rings is 1. The molecule has 0 aliphatic rings. The third kappa shape index (κ3) is 3.55. The van der Waals surface area contributed by atoms with Crippen molar-refractivity contribution in [2.75, 3.05) is 20.8 Å². The first-order valence-electron chi connectivity index (χ1n) is 7.93. The third-order valence-electron chi connectivity index (χ3n) is 3.86. The van der Waals surface area contributed by atoms with E-state index in [1.807, 2.05) is 31.2 Å². The molecule has 1 amide bonds. The van der Waals surface area contributed by atoms with Crippen molar-refractivity contribution in [3.63, 3.8) is 0 Å². The van der Waals surface area contributed by atoms with E-state index in [-0.39, 0.29) is 5.91 Å². The lowest BCUT2D eigenvalue weighted by Crippen LogP contribution is -2.27. The van der Waals surface area contributed by atoms with Gasteiger partial charge in [-0.2, -0.15) is 5.10 Å². The van der Waals surface area contributed by atoms with E-state index in [0.717, 1.165) is 11.3 Å². The Morgan fingerprint density at radius 2 is 1.96 bits per heavy atom. The van der Waals surface area contributed by atoms with Crippen molar-refractivity contribution in [1.29, 1.82) is 0 Å². The van der Waals surface area contributed by atoms with E-state index in [2.05, 4.69) is 15.4 Å². The Labute approximate surface area is 145 Å². The van der Waals surface area contributed by atoms with E-state index in [1.54, 1.807) is 31.0 Å². The number of aromatic nitrogens is 3. The van der Waals surface area contributed by atoms with Gasteiger partial charge in [0.1, 0.15) is 5.69 Å². The van der Waals surface area contributed by atoms with Crippen molar-refractivity contribution in [2.45, 2.75) is 13.3 Å². The van der Waals surface area contributed by atoms with Crippen LogP contribution in [0.25, 0.3) is 5.65 Å². The second-order valence-corrected chi connectivity index (χ2v) is 5.58. The maximum atomic E-state index is 12.4. The number of carbonyl (C=O) groups is 1. The molecule has 1 aromatic carbocycles. The van der Waals surface area contributed by atoms with Gasteiger partial charge in [0.2, 0.25) is 0 Å². The van der Waals surface area contributed by atoms with Crippen LogP contribution in [0.1, 0.15) is 21.7 Å². The Hall–Kier alpha value is -3.09. The minimum Gasteiger partial charge on any atom is -0.493 e. The summed E-state index contributed by atoms with van der Waals surface area (Å²) in [5.41, 5.74) is 2.99. The van der Waals surface area contributed by atoms with Crippen molar-refractivity contribution in [3.05, 3.63) is 53.5 Å². The van der Waals surface area contributed by atoms with Gasteiger partial charge in [0, 0.05) is 18.8 Å². The third-order valence-corrected chi connectivity index (χ3v) is 3.86. The van der Waals surface area contributed by atoms with E-state index >= 15 is 0 Å². The quantitative estimate of drug-likeness (QED) is 0.743. The molecule has 130 valence electrons. The fourth-order valence-corrected chi connectivity index (χ4v) is 2.63. The highest BCUT2D eigenvalue weighted by Gasteiger charge is 2.12. The Kier molecular flexibility index (Phi) is 4.83. The molecule has 0 spiro atoms. The number of hydrogen-bond acceptors (Lipinski definition) is 5. The largest absolute Gasteiger partial charge is 0.493 e. The minimum absolute atomic E-state index is 0.184. The number of nitrogens with zero attached hydrogens (tertiary/aromatic N) is 3. The molecule has 7 heteroatoms. The van der Waals surface area contributed by atoms with Gasteiger partial charge in [-0.05, 0) is 37.1 Å². The highest BCUT2D eigenvalue weighted by Crippen LogP contribution is 2.27. The van der Waals surface area contributed by atoms with Crippen molar-refractivity contribution in [1.82, 2.24) is 19.9 Å². The summed E-state index contributed by atoms with van der Waals surface area (Å²) in [6.45, 7) is 2.37. The smallest absolute Gasteiger partial charge is 0.270 e. The number of fused-ring (bicyclic) bond motifs is 1. The summed E-state index contributed by atoms with van der Waals surface area (Å²) in [6, 6.07) is 9.21. The van der Waals surface area contributed by atoms with E-state index in [9.17, 15) is 4.79 Å². The molecule has 0 aliphatic carbocycles. The molecule has 0 bridgehead atoms. The van der Waals surface area contributed by atoms with Crippen LogP contribution in [-0.4, -0.2) is 41.3 Å². The Bertz CT molecular complexity index is 904. The van der Waals surface area contributed by atoms with Crippen molar-refractivity contribution < 1.29 is 14.3 Å². The summed E-state index contributed by atoms with van der Waals surface area (Å²) < 4.78 is 12.1. The lowest BCUT2D eigenvalue weighted by atomic mass is 10.1. The maximum Gasteiger partial charge on any atom is 0.270 e. The number of carbonyl (C=O) groups excluding carboxylic acids is 1. The van der Waals surface area contributed by atoms with Crippen LogP contribution < -0.4 is 14.8 Å². The van der Waals surface area contributed by atoms with Gasteiger partial charge >= 0.3 is 0 Å². The molecule has 25 heavy (non-hydrogen) atoms. The second kappa shape index (κ2) is 7.21.